The first-order valence-corrected chi connectivity index (χ1v) is 6.13. The zero-order chi connectivity index (χ0) is 11.4. The first kappa shape index (κ1) is 11.8. The number of rotatable bonds is 5. The Morgan fingerprint density at radius 3 is 2.75 bits per heavy atom. The van der Waals surface area contributed by atoms with Crippen LogP contribution in [0.1, 0.15) is 24.8 Å². The number of aliphatic hydroxyl groups is 1. The van der Waals surface area contributed by atoms with E-state index in [4.69, 9.17) is 16.7 Å². The van der Waals surface area contributed by atoms with Gasteiger partial charge in [0.2, 0.25) is 0 Å². The lowest BCUT2D eigenvalue weighted by Crippen LogP contribution is -2.41. The number of hydrogen-bond acceptors (Lipinski definition) is 3. The van der Waals surface area contributed by atoms with Crippen molar-refractivity contribution < 1.29 is 5.11 Å². The summed E-state index contributed by atoms with van der Waals surface area (Å²) in [4.78, 5) is 6.40. The first-order chi connectivity index (χ1) is 7.79. The summed E-state index contributed by atoms with van der Waals surface area (Å²) in [6.45, 7) is 1.82. The Morgan fingerprint density at radius 2 is 2.25 bits per heavy atom. The third-order valence-corrected chi connectivity index (χ3v) is 3.38. The molecule has 1 fully saturated rings. The molecule has 1 aliphatic carbocycles. The van der Waals surface area contributed by atoms with Crippen LogP contribution in [0, 0.1) is 0 Å². The van der Waals surface area contributed by atoms with Gasteiger partial charge in [0.25, 0.3) is 0 Å². The Labute approximate surface area is 101 Å². The summed E-state index contributed by atoms with van der Waals surface area (Å²) in [5.41, 5.74) is 1.16. The summed E-state index contributed by atoms with van der Waals surface area (Å²) in [5, 5.41) is 9.58. The van der Waals surface area contributed by atoms with E-state index in [0.29, 0.717) is 11.2 Å². The molecule has 0 bridgehead atoms. The van der Waals surface area contributed by atoms with Crippen LogP contribution in [0.5, 0.6) is 0 Å². The lowest BCUT2D eigenvalue weighted by molar-refractivity contribution is 0.0944. The molecule has 0 atom stereocenters. The van der Waals surface area contributed by atoms with E-state index in [1.807, 2.05) is 18.3 Å². The predicted octanol–water partition coefficient (Wildman–Crippen LogP) is 2.08. The maximum Gasteiger partial charge on any atom is 0.129 e. The minimum Gasteiger partial charge on any atom is -0.395 e. The van der Waals surface area contributed by atoms with Gasteiger partial charge in [-0.1, -0.05) is 24.1 Å². The van der Waals surface area contributed by atoms with Crippen molar-refractivity contribution >= 4 is 11.6 Å². The molecule has 0 unspecified atom stereocenters. The van der Waals surface area contributed by atoms with Gasteiger partial charge in [0.05, 0.1) is 6.61 Å². The van der Waals surface area contributed by atoms with Gasteiger partial charge in [-0.2, -0.15) is 0 Å². The van der Waals surface area contributed by atoms with Crippen molar-refractivity contribution in [2.45, 2.75) is 31.8 Å². The van der Waals surface area contributed by atoms with Crippen molar-refractivity contribution in [3.63, 3.8) is 0 Å². The standard InChI is InChI=1S/C12H17ClN2O/c13-12-5-4-10(8-14-12)9-15(6-7-16)11-2-1-3-11/h4-5,8,11,16H,1-3,6-7,9H2. The van der Waals surface area contributed by atoms with Crippen molar-refractivity contribution in [1.82, 2.24) is 9.88 Å². The highest BCUT2D eigenvalue weighted by Gasteiger charge is 2.24. The zero-order valence-electron chi connectivity index (χ0n) is 9.27. The van der Waals surface area contributed by atoms with Gasteiger partial charge in [-0.3, -0.25) is 4.90 Å². The molecule has 1 heterocycles. The second kappa shape index (κ2) is 5.62. The van der Waals surface area contributed by atoms with Crippen LogP contribution in [0.2, 0.25) is 5.15 Å². The highest BCUT2D eigenvalue weighted by atomic mass is 35.5. The fourth-order valence-electron chi connectivity index (χ4n) is 2.01. The topological polar surface area (TPSA) is 36.4 Å². The molecule has 0 aliphatic heterocycles. The molecule has 0 spiro atoms. The van der Waals surface area contributed by atoms with Gasteiger partial charge < -0.3 is 5.11 Å². The second-order valence-electron chi connectivity index (χ2n) is 4.27. The molecule has 1 saturated carbocycles. The highest BCUT2D eigenvalue weighted by Crippen LogP contribution is 2.25. The van der Waals surface area contributed by atoms with Crippen molar-refractivity contribution in [2.24, 2.45) is 0 Å². The van der Waals surface area contributed by atoms with Crippen LogP contribution in [0.3, 0.4) is 0 Å². The van der Waals surface area contributed by atoms with Gasteiger partial charge in [-0.25, -0.2) is 4.98 Å². The molecular weight excluding hydrogens is 224 g/mol. The largest absolute Gasteiger partial charge is 0.395 e. The van der Waals surface area contributed by atoms with Gasteiger partial charge in [-0.15, -0.1) is 0 Å². The highest BCUT2D eigenvalue weighted by molar-refractivity contribution is 6.29. The number of hydrogen-bond donors (Lipinski definition) is 1. The summed E-state index contributed by atoms with van der Waals surface area (Å²) in [6, 6.07) is 4.45. The summed E-state index contributed by atoms with van der Waals surface area (Å²) in [6.07, 6.45) is 5.62. The van der Waals surface area contributed by atoms with Crippen molar-refractivity contribution in [2.75, 3.05) is 13.2 Å². The summed E-state index contributed by atoms with van der Waals surface area (Å²) < 4.78 is 0. The molecule has 16 heavy (non-hydrogen) atoms. The van der Waals surface area contributed by atoms with Crippen molar-refractivity contribution in [3.8, 4) is 0 Å². The molecule has 0 aromatic carbocycles. The number of aromatic nitrogens is 1. The summed E-state index contributed by atoms with van der Waals surface area (Å²) in [7, 11) is 0. The van der Waals surface area contributed by atoms with Gasteiger partial charge in [0.15, 0.2) is 0 Å². The van der Waals surface area contributed by atoms with Gasteiger partial charge in [0.1, 0.15) is 5.15 Å². The quantitative estimate of drug-likeness (QED) is 0.801. The van der Waals surface area contributed by atoms with Crippen molar-refractivity contribution in [3.05, 3.63) is 29.0 Å². The molecule has 0 radical (unpaired) electrons. The first-order valence-electron chi connectivity index (χ1n) is 5.75. The van der Waals surface area contributed by atoms with Crippen LogP contribution < -0.4 is 0 Å². The van der Waals surface area contributed by atoms with E-state index in [1.54, 1.807) is 0 Å². The fraction of sp³-hybridized carbons (Fsp3) is 0.583. The molecule has 88 valence electrons. The Kier molecular flexibility index (Phi) is 4.16. The van der Waals surface area contributed by atoms with E-state index in [9.17, 15) is 0 Å². The van der Waals surface area contributed by atoms with Crippen LogP contribution in [-0.2, 0) is 6.54 Å². The predicted molar refractivity (Wildman–Crippen MR) is 64.4 cm³/mol. The molecule has 0 amide bonds. The minimum absolute atomic E-state index is 0.220. The summed E-state index contributed by atoms with van der Waals surface area (Å²) >= 11 is 5.75. The van der Waals surface area contributed by atoms with Crippen LogP contribution in [0.15, 0.2) is 18.3 Å². The number of aliphatic hydroxyl groups excluding tert-OH is 1. The van der Waals surface area contributed by atoms with E-state index in [-0.39, 0.29) is 6.61 Å². The Balaban J connectivity index is 1.96. The maximum absolute atomic E-state index is 9.05. The number of nitrogens with zero attached hydrogens (tertiary/aromatic N) is 2. The van der Waals surface area contributed by atoms with Crippen LogP contribution in [0.25, 0.3) is 0 Å². The molecule has 1 aromatic rings. The third-order valence-electron chi connectivity index (χ3n) is 3.15. The molecule has 3 nitrogen and oxygen atoms in total. The second-order valence-corrected chi connectivity index (χ2v) is 4.66. The SMILES string of the molecule is OCCN(Cc1ccc(Cl)nc1)C1CCC1. The molecular formula is C12H17ClN2O. The lowest BCUT2D eigenvalue weighted by Gasteiger charge is -2.37. The van der Waals surface area contributed by atoms with E-state index < -0.39 is 0 Å². The van der Waals surface area contributed by atoms with Gasteiger partial charge in [-0.05, 0) is 24.5 Å². The molecule has 1 aromatic heterocycles. The molecule has 0 saturated heterocycles. The van der Waals surface area contributed by atoms with Crippen LogP contribution in [-0.4, -0.2) is 34.2 Å². The van der Waals surface area contributed by atoms with Gasteiger partial charge >= 0.3 is 0 Å². The average Bonchev–Trinajstić information content (AvgIpc) is 2.19. The number of halogens is 1. The fourth-order valence-corrected chi connectivity index (χ4v) is 2.12. The smallest absolute Gasteiger partial charge is 0.129 e. The molecule has 2 rings (SSSR count). The van der Waals surface area contributed by atoms with Gasteiger partial charge in [0, 0.05) is 25.3 Å². The average molecular weight is 241 g/mol. The maximum atomic E-state index is 9.05. The lowest BCUT2D eigenvalue weighted by atomic mass is 9.91. The Morgan fingerprint density at radius 1 is 1.44 bits per heavy atom. The van der Waals surface area contributed by atoms with E-state index in [2.05, 4.69) is 9.88 Å². The monoisotopic (exact) mass is 240 g/mol. The third kappa shape index (κ3) is 2.94. The normalized spacial score (nSPS) is 16.4. The van der Waals surface area contributed by atoms with Crippen LogP contribution >= 0.6 is 11.6 Å². The Bertz CT molecular complexity index is 324. The van der Waals surface area contributed by atoms with Crippen molar-refractivity contribution in [1.29, 1.82) is 0 Å². The van der Waals surface area contributed by atoms with E-state index in [0.717, 1.165) is 18.7 Å². The number of pyridine rings is 1. The summed E-state index contributed by atoms with van der Waals surface area (Å²) in [5.74, 6) is 0. The molecule has 1 aliphatic rings. The zero-order valence-corrected chi connectivity index (χ0v) is 10.0. The Hall–Kier alpha value is -0.640. The van der Waals surface area contributed by atoms with E-state index in [1.165, 1.54) is 19.3 Å². The van der Waals surface area contributed by atoms with Crippen LogP contribution in [0.4, 0.5) is 0 Å². The molecule has 1 N–H and O–H groups in total. The molecule has 4 heteroatoms. The minimum atomic E-state index is 0.220. The van der Waals surface area contributed by atoms with E-state index >= 15 is 0 Å².